The number of halogens is 2. The number of anilines is 3. The maximum absolute atomic E-state index is 16.0. The number of nitrogens with one attached hydrogen (secondary N) is 1. The molecule has 0 atom stereocenters. The minimum atomic E-state index is -3.08. The molecule has 0 spiro atoms. The van der Waals surface area contributed by atoms with Crippen molar-refractivity contribution in [3.8, 4) is 17.0 Å². The molecule has 0 bridgehead atoms. The number of likely N-dealkylation sites (N-methyl/N-ethyl adjacent to an activating group) is 1. The van der Waals surface area contributed by atoms with Crippen LogP contribution in [0.5, 0.6) is 5.75 Å². The van der Waals surface area contributed by atoms with Crippen LogP contribution in [0, 0.1) is 5.82 Å². The van der Waals surface area contributed by atoms with Gasteiger partial charge in [0.1, 0.15) is 36.0 Å². The Morgan fingerprint density at radius 2 is 1.78 bits per heavy atom. The minimum Gasteiger partial charge on any atom is -0.496 e. The summed E-state index contributed by atoms with van der Waals surface area (Å²) in [4.78, 5) is 18.4. The monoisotopic (exact) mass is 753 g/mol. The second-order valence-corrected chi connectivity index (χ2v) is 17.4. The Balaban J connectivity index is 1.23. The molecule has 14 heteroatoms. The number of hydrogen-bond acceptors (Lipinski definition) is 10. The molecular formula is C35H46BrFN9O2P. The van der Waals surface area contributed by atoms with E-state index < -0.39 is 13.0 Å². The molecular weight excluding hydrogens is 708 g/mol. The van der Waals surface area contributed by atoms with Crippen molar-refractivity contribution in [2.45, 2.75) is 38.6 Å². The molecule has 2 fully saturated rings. The number of nitrogens with zero attached hydrogens (tertiary/aromatic N) is 8. The Morgan fingerprint density at radius 1 is 1.04 bits per heavy atom. The molecule has 0 radical (unpaired) electrons. The summed E-state index contributed by atoms with van der Waals surface area (Å²) in [5.74, 6) is 1.23. The predicted octanol–water partition coefficient (Wildman–Crippen LogP) is 5.54. The van der Waals surface area contributed by atoms with Gasteiger partial charge in [0.25, 0.3) is 0 Å². The molecule has 2 aromatic carbocycles. The fourth-order valence-corrected chi connectivity index (χ4v) is 8.56. The minimum absolute atomic E-state index is 0.0973. The number of ether oxygens (including phenoxy) is 1. The molecule has 1 N–H and O–H groups in total. The van der Waals surface area contributed by atoms with E-state index in [1.807, 2.05) is 0 Å². The van der Waals surface area contributed by atoms with E-state index in [1.54, 1.807) is 45.8 Å². The molecule has 262 valence electrons. The zero-order chi connectivity index (χ0) is 34.9. The van der Waals surface area contributed by atoms with Gasteiger partial charge in [-0.1, -0.05) is 6.92 Å². The molecule has 6 rings (SSSR count). The number of aryl methyl sites for hydroxylation is 2. The highest BCUT2D eigenvalue weighted by Crippen LogP contribution is 2.42. The number of piperazine rings is 1. The second-order valence-electron chi connectivity index (χ2n) is 13.4. The van der Waals surface area contributed by atoms with Gasteiger partial charge in [0, 0.05) is 87.9 Å². The average molecular weight is 755 g/mol. The highest BCUT2D eigenvalue weighted by Gasteiger charge is 2.29. The quantitative estimate of drug-likeness (QED) is 0.208. The van der Waals surface area contributed by atoms with Gasteiger partial charge < -0.3 is 24.4 Å². The van der Waals surface area contributed by atoms with Crippen LogP contribution in [0.3, 0.4) is 0 Å². The van der Waals surface area contributed by atoms with Crippen molar-refractivity contribution in [2.24, 2.45) is 7.05 Å². The smallest absolute Gasteiger partial charge is 0.148 e. The highest BCUT2D eigenvalue weighted by molar-refractivity contribution is 9.10. The molecule has 4 heterocycles. The Kier molecular flexibility index (Phi) is 10.7. The maximum atomic E-state index is 16.0. The van der Waals surface area contributed by atoms with E-state index in [4.69, 9.17) is 9.72 Å². The summed E-state index contributed by atoms with van der Waals surface area (Å²) >= 11 is 3.55. The number of benzene rings is 2. The van der Waals surface area contributed by atoms with Crippen molar-refractivity contribution in [3.63, 3.8) is 0 Å². The molecule has 0 amide bonds. The molecule has 2 aromatic heterocycles. The predicted molar refractivity (Wildman–Crippen MR) is 198 cm³/mol. The average Bonchev–Trinajstić information content (AvgIpc) is 3.51. The van der Waals surface area contributed by atoms with E-state index in [1.165, 1.54) is 35.1 Å². The summed E-state index contributed by atoms with van der Waals surface area (Å²) in [6.45, 7) is 12.0. The summed E-state index contributed by atoms with van der Waals surface area (Å²) in [6.07, 6.45) is 6.83. The highest BCUT2D eigenvalue weighted by atomic mass is 79.9. The van der Waals surface area contributed by atoms with Crippen LogP contribution in [-0.2, 0) is 24.5 Å². The van der Waals surface area contributed by atoms with Crippen LogP contribution in [0.4, 0.5) is 21.6 Å². The van der Waals surface area contributed by atoms with Crippen LogP contribution in [0.2, 0.25) is 0 Å². The lowest BCUT2D eigenvalue weighted by Gasteiger charge is -2.43. The van der Waals surface area contributed by atoms with Gasteiger partial charge in [-0.05, 0) is 79.3 Å². The Morgan fingerprint density at radius 3 is 2.41 bits per heavy atom. The third-order valence-corrected chi connectivity index (χ3v) is 11.7. The van der Waals surface area contributed by atoms with E-state index in [0.717, 1.165) is 57.0 Å². The summed E-state index contributed by atoms with van der Waals surface area (Å²) in [5, 5.41) is 11.6. The van der Waals surface area contributed by atoms with Crippen LogP contribution in [0.25, 0.3) is 11.3 Å². The molecule has 2 aliphatic heterocycles. The van der Waals surface area contributed by atoms with Gasteiger partial charge in [-0.2, -0.15) is 15.0 Å². The molecule has 11 nitrogen and oxygen atoms in total. The van der Waals surface area contributed by atoms with Crippen molar-refractivity contribution >= 4 is 45.6 Å². The normalized spacial score (nSPS) is 16.7. The SMILES string of the molecule is CCc1cc(Cc2ncc(Br)c(Nc3ccc(-c4cnn(C)n4)c(F)c3P(C)(C)=O)n2)c(OC)cc1N1CCC(N2CCN(C)CC2)CC1. The van der Waals surface area contributed by atoms with Crippen LogP contribution >= 0.6 is 23.1 Å². The van der Waals surface area contributed by atoms with Crippen molar-refractivity contribution in [2.75, 3.05) is 77.0 Å². The van der Waals surface area contributed by atoms with E-state index in [0.29, 0.717) is 40.0 Å². The van der Waals surface area contributed by atoms with Gasteiger partial charge in [0.15, 0.2) is 0 Å². The molecule has 0 saturated carbocycles. The van der Waals surface area contributed by atoms with Gasteiger partial charge in [0.05, 0.1) is 28.8 Å². The van der Waals surface area contributed by atoms with Crippen LogP contribution < -0.4 is 20.3 Å². The maximum Gasteiger partial charge on any atom is 0.148 e. The number of piperidine rings is 1. The number of hydrogen-bond donors (Lipinski definition) is 1. The first kappa shape index (κ1) is 35.4. The van der Waals surface area contributed by atoms with Crippen LogP contribution in [0.15, 0.2) is 41.1 Å². The number of rotatable bonds is 10. The Labute approximate surface area is 296 Å². The van der Waals surface area contributed by atoms with E-state index in [-0.39, 0.29) is 10.9 Å². The van der Waals surface area contributed by atoms with Gasteiger partial charge in [-0.15, -0.1) is 0 Å². The van der Waals surface area contributed by atoms with E-state index in [9.17, 15) is 4.57 Å². The summed E-state index contributed by atoms with van der Waals surface area (Å²) in [5.41, 5.74) is 4.48. The van der Waals surface area contributed by atoms with Crippen molar-refractivity contribution in [3.05, 3.63) is 63.9 Å². The topological polar surface area (TPSA) is 105 Å². The summed E-state index contributed by atoms with van der Waals surface area (Å²) in [6, 6.07) is 8.38. The zero-order valence-corrected chi connectivity index (χ0v) is 31.7. The van der Waals surface area contributed by atoms with Crippen molar-refractivity contribution in [1.82, 2.24) is 34.8 Å². The molecule has 4 aromatic rings. The zero-order valence-electron chi connectivity index (χ0n) is 29.2. The lowest BCUT2D eigenvalue weighted by Crippen LogP contribution is -2.52. The van der Waals surface area contributed by atoms with E-state index in [2.05, 4.69) is 77.2 Å². The third-order valence-electron chi connectivity index (χ3n) is 9.65. The summed E-state index contributed by atoms with van der Waals surface area (Å²) in [7, 11) is 2.50. The molecule has 49 heavy (non-hydrogen) atoms. The van der Waals surface area contributed by atoms with Crippen LogP contribution in [0.1, 0.15) is 36.7 Å². The van der Waals surface area contributed by atoms with Gasteiger partial charge >= 0.3 is 0 Å². The van der Waals surface area contributed by atoms with Gasteiger partial charge in [-0.3, -0.25) is 4.90 Å². The van der Waals surface area contributed by atoms with Gasteiger partial charge in [-0.25, -0.2) is 14.4 Å². The van der Waals surface area contributed by atoms with Crippen molar-refractivity contribution in [1.29, 1.82) is 0 Å². The first-order valence-corrected chi connectivity index (χ1v) is 20.2. The summed E-state index contributed by atoms with van der Waals surface area (Å²) < 4.78 is 35.9. The van der Waals surface area contributed by atoms with Gasteiger partial charge in [0.2, 0.25) is 0 Å². The lowest BCUT2D eigenvalue weighted by atomic mass is 9.98. The molecule has 0 aliphatic carbocycles. The first-order chi connectivity index (χ1) is 23.4. The first-order valence-electron chi connectivity index (χ1n) is 16.9. The Bertz CT molecular complexity index is 1850. The number of methoxy groups -OCH3 is 1. The standard InChI is InChI=1S/C35H46BrFN9O2P/c1-7-23-18-24(31(48-4)20-30(23)46-12-10-25(11-13-46)45-16-14-43(2)15-17-45)19-32-38-21-27(36)35(41-32)40-28-9-8-26(29-22-39-44(3)42-29)33(37)34(28)49(5,6)47/h8-9,18,20-22,25H,7,10-17,19H2,1-6H3,(H,38,40,41). The molecule has 0 unspecified atom stereocenters. The molecule has 2 aliphatic rings. The Hall–Kier alpha value is -3.38. The van der Waals surface area contributed by atoms with E-state index >= 15 is 4.39 Å². The fourth-order valence-electron chi connectivity index (χ4n) is 6.96. The third kappa shape index (κ3) is 7.85. The number of aromatic nitrogens is 5. The van der Waals surface area contributed by atoms with Crippen LogP contribution in [-0.4, -0.2) is 108 Å². The van der Waals surface area contributed by atoms with Crippen molar-refractivity contribution < 1.29 is 13.7 Å². The lowest BCUT2D eigenvalue weighted by molar-refractivity contribution is 0.0982. The largest absolute Gasteiger partial charge is 0.496 e. The molecule has 2 saturated heterocycles. The second kappa shape index (κ2) is 14.8. The fraction of sp³-hybridized carbons (Fsp3) is 0.486.